The summed E-state index contributed by atoms with van der Waals surface area (Å²) in [6.07, 6.45) is 6.61. The Labute approximate surface area is 180 Å². The number of thiophene rings is 1. The second-order valence-electron chi connectivity index (χ2n) is 8.99. The number of carbonyl (C=O) groups is 1. The normalized spacial score (nSPS) is 19.7. The fraction of sp³-hybridized carbons (Fsp3) is 0.636. The Balaban J connectivity index is 1.50. The molecule has 0 aromatic carbocycles. The molecule has 8 heteroatoms. The topological polar surface area (TPSA) is 81.3 Å². The summed E-state index contributed by atoms with van der Waals surface area (Å²) in [4.78, 5) is 25.3. The third-order valence-electron chi connectivity index (χ3n) is 6.09. The van der Waals surface area contributed by atoms with Gasteiger partial charge in [-0.25, -0.2) is 0 Å². The highest BCUT2D eigenvalue weighted by molar-refractivity contribution is 7.17. The number of rotatable bonds is 7. The number of aryl methyl sites for hydroxylation is 1. The third-order valence-corrected chi connectivity index (χ3v) is 6.98. The summed E-state index contributed by atoms with van der Waals surface area (Å²) in [6.45, 7) is 7.01. The lowest BCUT2D eigenvalue weighted by molar-refractivity contribution is -0.122. The van der Waals surface area contributed by atoms with Crippen LogP contribution in [0.4, 0.5) is 0 Å². The largest absolute Gasteiger partial charge is 0.353 e. The van der Waals surface area contributed by atoms with Gasteiger partial charge in [-0.15, -0.1) is 21.5 Å². The number of hydrogen-bond donors (Lipinski definition) is 1. The first kappa shape index (κ1) is 21.0. The SMILES string of the molecule is CC(C)Cn1c(=O)c2sccc2n2c(CCCC(=O)N[C@@H]3CCCC[C@H]3C)nnc12. The molecule has 1 N–H and O–H groups in total. The van der Waals surface area contributed by atoms with Crippen LogP contribution in [0.3, 0.4) is 0 Å². The molecule has 162 valence electrons. The molecule has 1 aliphatic carbocycles. The maximum absolute atomic E-state index is 12.9. The monoisotopic (exact) mass is 429 g/mol. The van der Waals surface area contributed by atoms with Crippen molar-refractivity contribution in [2.75, 3.05) is 0 Å². The predicted octanol–water partition coefficient (Wildman–Crippen LogP) is 3.78. The Bertz CT molecular complexity index is 1100. The van der Waals surface area contributed by atoms with Gasteiger partial charge in [-0.05, 0) is 42.5 Å². The molecule has 1 aliphatic rings. The van der Waals surface area contributed by atoms with Gasteiger partial charge >= 0.3 is 0 Å². The van der Waals surface area contributed by atoms with Crippen LogP contribution >= 0.6 is 11.3 Å². The number of carbonyl (C=O) groups excluding carboxylic acids is 1. The molecule has 0 aliphatic heterocycles. The molecule has 3 aromatic rings. The molecule has 1 amide bonds. The number of fused-ring (bicyclic) bond motifs is 3. The van der Waals surface area contributed by atoms with E-state index in [0.717, 1.165) is 22.5 Å². The molecule has 1 saturated carbocycles. The summed E-state index contributed by atoms with van der Waals surface area (Å²) in [5, 5.41) is 13.9. The average Bonchev–Trinajstić information content (AvgIpc) is 3.34. The lowest BCUT2D eigenvalue weighted by atomic mass is 9.86. The molecule has 1 fully saturated rings. The van der Waals surface area contributed by atoms with Gasteiger partial charge in [0.2, 0.25) is 11.7 Å². The van der Waals surface area contributed by atoms with E-state index in [1.54, 1.807) is 4.57 Å². The standard InChI is InChI=1S/C22H31N5O2S/c1-14(2)13-26-21(29)20-17(11-12-30-20)27-18(24-25-22(26)27)9-6-10-19(28)23-16-8-5-4-7-15(16)3/h11-12,14-16H,4-10,13H2,1-3H3,(H,23,28)/t15-,16-/m1/s1. The van der Waals surface area contributed by atoms with Gasteiger partial charge in [0.1, 0.15) is 10.5 Å². The summed E-state index contributed by atoms with van der Waals surface area (Å²) in [7, 11) is 0. The van der Waals surface area contributed by atoms with Crippen LogP contribution < -0.4 is 10.9 Å². The lowest BCUT2D eigenvalue weighted by Crippen LogP contribution is -2.40. The molecule has 0 bridgehead atoms. The van der Waals surface area contributed by atoms with E-state index in [-0.39, 0.29) is 11.5 Å². The van der Waals surface area contributed by atoms with E-state index in [4.69, 9.17) is 0 Å². The first-order chi connectivity index (χ1) is 14.5. The van der Waals surface area contributed by atoms with Crippen molar-refractivity contribution in [1.29, 1.82) is 0 Å². The van der Waals surface area contributed by atoms with Gasteiger partial charge in [0.25, 0.3) is 5.56 Å². The van der Waals surface area contributed by atoms with E-state index in [9.17, 15) is 9.59 Å². The van der Waals surface area contributed by atoms with E-state index in [1.807, 2.05) is 15.8 Å². The van der Waals surface area contributed by atoms with Gasteiger partial charge in [-0.1, -0.05) is 33.6 Å². The molecule has 3 heterocycles. The van der Waals surface area contributed by atoms with Crippen LogP contribution in [0.1, 0.15) is 65.1 Å². The Morgan fingerprint density at radius 1 is 1.30 bits per heavy atom. The molecule has 30 heavy (non-hydrogen) atoms. The zero-order valence-corrected chi connectivity index (χ0v) is 18.9. The third kappa shape index (κ3) is 4.15. The number of nitrogens with zero attached hydrogens (tertiary/aromatic N) is 4. The highest BCUT2D eigenvalue weighted by Crippen LogP contribution is 2.24. The van der Waals surface area contributed by atoms with E-state index in [1.165, 1.54) is 30.6 Å². The molecule has 3 aromatic heterocycles. The van der Waals surface area contributed by atoms with Crippen LogP contribution in [0, 0.1) is 11.8 Å². The highest BCUT2D eigenvalue weighted by Gasteiger charge is 2.23. The van der Waals surface area contributed by atoms with Gasteiger partial charge in [0, 0.05) is 25.4 Å². The summed E-state index contributed by atoms with van der Waals surface area (Å²) in [5.41, 5.74) is 0.863. The molecule has 4 rings (SSSR count). The van der Waals surface area contributed by atoms with Crippen molar-refractivity contribution in [3.8, 4) is 0 Å². The van der Waals surface area contributed by atoms with Crippen LogP contribution in [0.15, 0.2) is 16.2 Å². The lowest BCUT2D eigenvalue weighted by Gasteiger charge is -2.29. The molecular formula is C22H31N5O2S. The summed E-state index contributed by atoms with van der Waals surface area (Å²) in [5.74, 6) is 2.42. The molecule has 0 unspecified atom stereocenters. The van der Waals surface area contributed by atoms with Crippen molar-refractivity contribution in [3.63, 3.8) is 0 Å². The van der Waals surface area contributed by atoms with E-state index < -0.39 is 0 Å². The minimum atomic E-state index is 0.00105. The first-order valence-electron chi connectivity index (χ1n) is 11.1. The Morgan fingerprint density at radius 2 is 2.10 bits per heavy atom. The van der Waals surface area contributed by atoms with Gasteiger partial charge in [0.15, 0.2) is 0 Å². The second kappa shape index (κ2) is 8.88. The number of amides is 1. The van der Waals surface area contributed by atoms with Crippen molar-refractivity contribution >= 4 is 33.2 Å². The van der Waals surface area contributed by atoms with Gasteiger partial charge in [-0.3, -0.25) is 18.6 Å². The second-order valence-corrected chi connectivity index (χ2v) is 9.90. The van der Waals surface area contributed by atoms with Crippen molar-refractivity contribution in [2.45, 2.75) is 78.3 Å². The van der Waals surface area contributed by atoms with Gasteiger partial charge in [-0.2, -0.15) is 0 Å². The zero-order chi connectivity index (χ0) is 21.3. The van der Waals surface area contributed by atoms with E-state index >= 15 is 0 Å². The van der Waals surface area contributed by atoms with Crippen LogP contribution in [-0.2, 0) is 17.8 Å². The summed E-state index contributed by atoms with van der Waals surface area (Å²) < 4.78 is 4.46. The predicted molar refractivity (Wildman–Crippen MR) is 120 cm³/mol. The van der Waals surface area contributed by atoms with E-state index in [2.05, 4.69) is 36.3 Å². The molecule has 0 saturated heterocycles. The summed E-state index contributed by atoms with van der Waals surface area (Å²) >= 11 is 1.46. The molecule has 2 atom stereocenters. The quantitative estimate of drug-likeness (QED) is 0.620. The fourth-order valence-corrected chi connectivity index (χ4v) is 5.31. The van der Waals surface area contributed by atoms with Crippen LogP contribution in [-0.4, -0.2) is 31.1 Å². The van der Waals surface area contributed by atoms with Crippen LogP contribution in [0.5, 0.6) is 0 Å². The molecule has 0 spiro atoms. The molecular weight excluding hydrogens is 398 g/mol. The van der Waals surface area contributed by atoms with Crippen molar-refractivity contribution in [2.24, 2.45) is 11.8 Å². The molecule has 0 radical (unpaired) electrons. The van der Waals surface area contributed by atoms with E-state index in [0.29, 0.717) is 49.5 Å². The Kier molecular flexibility index (Phi) is 6.22. The van der Waals surface area contributed by atoms with Crippen molar-refractivity contribution in [3.05, 3.63) is 27.6 Å². The zero-order valence-electron chi connectivity index (χ0n) is 18.1. The van der Waals surface area contributed by atoms with Crippen LogP contribution in [0.2, 0.25) is 0 Å². The van der Waals surface area contributed by atoms with Gasteiger partial charge in [0.05, 0.1) is 5.52 Å². The average molecular weight is 430 g/mol. The van der Waals surface area contributed by atoms with Crippen LogP contribution in [0.25, 0.3) is 16.0 Å². The number of aromatic nitrogens is 4. The smallest absolute Gasteiger partial charge is 0.272 e. The Hall–Kier alpha value is -2.22. The van der Waals surface area contributed by atoms with Crippen molar-refractivity contribution in [1.82, 2.24) is 24.5 Å². The minimum Gasteiger partial charge on any atom is -0.353 e. The Morgan fingerprint density at radius 3 is 2.87 bits per heavy atom. The maximum Gasteiger partial charge on any atom is 0.272 e. The van der Waals surface area contributed by atoms with Gasteiger partial charge < -0.3 is 5.32 Å². The maximum atomic E-state index is 12.9. The minimum absolute atomic E-state index is 0.00105. The number of nitrogens with one attached hydrogen (secondary N) is 1. The van der Waals surface area contributed by atoms with Crippen molar-refractivity contribution < 1.29 is 4.79 Å². The first-order valence-corrected chi connectivity index (χ1v) is 12.0. The highest BCUT2D eigenvalue weighted by atomic mass is 32.1. The molecule has 7 nitrogen and oxygen atoms in total. The number of hydrogen-bond acceptors (Lipinski definition) is 5. The fourth-order valence-electron chi connectivity index (χ4n) is 4.49. The summed E-state index contributed by atoms with van der Waals surface area (Å²) in [6, 6.07) is 2.27.